The molecule has 0 aromatic rings. The van der Waals surface area contributed by atoms with E-state index in [0.717, 1.165) is 62.2 Å². The van der Waals surface area contributed by atoms with Gasteiger partial charge in [0.1, 0.15) is 5.76 Å². The van der Waals surface area contributed by atoms with Crippen LogP contribution in [0.4, 0.5) is 0 Å². The van der Waals surface area contributed by atoms with Crippen molar-refractivity contribution in [2.24, 2.45) is 17.1 Å². The molecule has 2 unspecified atom stereocenters. The second-order valence-corrected chi connectivity index (χ2v) is 8.44. The molecule has 0 saturated heterocycles. The summed E-state index contributed by atoms with van der Waals surface area (Å²) in [4.78, 5) is 13.2. The van der Waals surface area contributed by atoms with E-state index >= 15 is 0 Å². The summed E-state index contributed by atoms with van der Waals surface area (Å²) in [6.45, 7) is 6.58. The maximum atomic E-state index is 13.2. The van der Waals surface area contributed by atoms with E-state index in [2.05, 4.69) is 31.3 Å². The molecule has 1 fully saturated rings. The number of carbonyl (C=O) groups is 1. The SMILES string of the molecule is CCC(=CC=CCCC(C)N)NC(=O)C1(C2=CC3=C(CC(C)C2)OCO3)CC1. The highest BCUT2D eigenvalue weighted by Crippen LogP contribution is 2.55. The van der Waals surface area contributed by atoms with Gasteiger partial charge in [0.2, 0.25) is 12.7 Å². The molecule has 0 radical (unpaired) electrons. The standard InChI is InChI=1S/C23H34N2O3/c1-4-19(9-7-5-6-8-17(3)24)25-22(26)23(10-11-23)18-12-16(2)13-20-21(14-18)28-15-27-20/h5,7,9,14,16-17H,4,6,8,10-13,15,24H2,1-3H3,(H,25,26). The summed E-state index contributed by atoms with van der Waals surface area (Å²) in [5.74, 6) is 2.32. The number of nitrogens with two attached hydrogens (primary N) is 1. The number of ether oxygens (including phenoxy) is 2. The van der Waals surface area contributed by atoms with Crippen LogP contribution in [0, 0.1) is 11.3 Å². The van der Waals surface area contributed by atoms with E-state index < -0.39 is 0 Å². The molecule has 3 rings (SSSR count). The van der Waals surface area contributed by atoms with Crippen molar-refractivity contribution in [1.82, 2.24) is 5.32 Å². The van der Waals surface area contributed by atoms with E-state index in [4.69, 9.17) is 15.2 Å². The minimum atomic E-state index is -0.379. The molecule has 5 nitrogen and oxygen atoms in total. The molecule has 1 saturated carbocycles. The Labute approximate surface area is 168 Å². The van der Waals surface area contributed by atoms with Crippen molar-refractivity contribution in [3.63, 3.8) is 0 Å². The normalized spacial score (nSPS) is 24.8. The van der Waals surface area contributed by atoms with Crippen LogP contribution < -0.4 is 11.1 Å². The lowest BCUT2D eigenvalue weighted by molar-refractivity contribution is -0.124. The van der Waals surface area contributed by atoms with Crippen molar-refractivity contribution in [2.45, 2.75) is 71.8 Å². The lowest BCUT2D eigenvalue weighted by Crippen LogP contribution is -2.33. The first-order chi connectivity index (χ1) is 13.4. The van der Waals surface area contributed by atoms with Crippen molar-refractivity contribution in [3.8, 4) is 0 Å². The molecule has 2 aliphatic carbocycles. The van der Waals surface area contributed by atoms with Crippen LogP contribution in [-0.4, -0.2) is 18.7 Å². The fourth-order valence-electron chi connectivity index (χ4n) is 3.88. The molecule has 0 aromatic heterocycles. The van der Waals surface area contributed by atoms with Crippen LogP contribution in [0.25, 0.3) is 0 Å². The number of nitrogens with one attached hydrogen (secondary N) is 1. The smallest absolute Gasteiger partial charge is 0.234 e. The Bertz CT molecular complexity index is 711. The molecule has 5 heteroatoms. The van der Waals surface area contributed by atoms with Gasteiger partial charge in [-0.25, -0.2) is 0 Å². The van der Waals surface area contributed by atoms with Gasteiger partial charge in [0, 0.05) is 18.2 Å². The molecule has 1 heterocycles. The number of rotatable bonds is 8. The molecular weight excluding hydrogens is 352 g/mol. The zero-order valence-corrected chi connectivity index (χ0v) is 17.4. The van der Waals surface area contributed by atoms with Gasteiger partial charge in [-0.3, -0.25) is 4.79 Å². The Morgan fingerprint density at radius 1 is 1.39 bits per heavy atom. The van der Waals surface area contributed by atoms with E-state index in [-0.39, 0.29) is 17.4 Å². The predicted octanol–water partition coefficient (Wildman–Crippen LogP) is 4.43. The Morgan fingerprint density at radius 2 is 2.18 bits per heavy atom. The first-order valence-electron chi connectivity index (χ1n) is 10.6. The minimum Gasteiger partial charge on any atom is -0.458 e. The van der Waals surface area contributed by atoms with Gasteiger partial charge in [0.25, 0.3) is 0 Å². The number of hydrogen-bond acceptors (Lipinski definition) is 4. The van der Waals surface area contributed by atoms with Crippen LogP contribution in [0.2, 0.25) is 0 Å². The molecule has 28 heavy (non-hydrogen) atoms. The highest BCUT2D eigenvalue weighted by molar-refractivity contribution is 5.90. The van der Waals surface area contributed by atoms with E-state index in [1.165, 1.54) is 5.57 Å². The zero-order chi connectivity index (χ0) is 20.1. The van der Waals surface area contributed by atoms with E-state index in [1.807, 2.05) is 19.1 Å². The highest BCUT2D eigenvalue weighted by atomic mass is 16.7. The molecular formula is C23H34N2O3. The number of amides is 1. The lowest BCUT2D eigenvalue weighted by atomic mass is 9.87. The third-order valence-corrected chi connectivity index (χ3v) is 5.81. The maximum Gasteiger partial charge on any atom is 0.234 e. The van der Waals surface area contributed by atoms with Crippen LogP contribution in [0.15, 0.2) is 47.1 Å². The van der Waals surface area contributed by atoms with E-state index in [1.54, 1.807) is 0 Å². The first kappa shape index (κ1) is 20.7. The van der Waals surface area contributed by atoms with Gasteiger partial charge in [-0.15, -0.1) is 0 Å². The monoisotopic (exact) mass is 386 g/mol. The van der Waals surface area contributed by atoms with Gasteiger partial charge in [-0.05, 0) is 63.5 Å². The second kappa shape index (κ2) is 8.99. The molecule has 3 N–H and O–H groups in total. The predicted molar refractivity (Wildman–Crippen MR) is 111 cm³/mol. The zero-order valence-electron chi connectivity index (χ0n) is 17.4. The molecule has 3 aliphatic rings. The molecule has 0 bridgehead atoms. The summed E-state index contributed by atoms with van der Waals surface area (Å²) in [7, 11) is 0. The van der Waals surface area contributed by atoms with Gasteiger partial charge in [-0.1, -0.05) is 31.6 Å². The van der Waals surface area contributed by atoms with Crippen molar-refractivity contribution in [3.05, 3.63) is 47.1 Å². The van der Waals surface area contributed by atoms with E-state index in [0.29, 0.717) is 12.7 Å². The Morgan fingerprint density at radius 3 is 2.86 bits per heavy atom. The van der Waals surface area contributed by atoms with Crippen molar-refractivity contribution < 1.29 is 14.3 Å². The number of allylic oxidation sites excluding steroid dienone is 6. The third-order valence-electron chi connectivity index (χ3n) is 5.81. The third kappa shape index (κ3) is 4.88. The van der Waals surface area contributed by atoms with Crippen molar-refractivity contribution in [2.75, 3.05) is 6.79 Å². The van der Waals surface area contributed by atoms with Gasteiger partial charge in [0.05, 0.1) is 5.41 Å². The molecule has 154 valence electrons. The second-order valence-electron chi connectivity index (χ2n) is 8.44. The lowest BCUT2D eigenvalue weighted by Gasteiger charge is -2.21. The molecule has 2 atom stereocenters. The topological polar surface area (TPSA) is 73.6 Å². The van der Waals surface area contributed by atoms with E-state index in [9.17, 15) is 4.79 Å². The van der Waals surface area contributed by atoms with Crippen LogP contribution in [0.1, 0.15) is 65.7 Å². The van der Waals surface area contributed by atoms with Crippen LogP contribution in [0.5, 0.6) is 0 Å². The van der Waals surface area contributed by atoms with Gasteiger partial charge < -0.3 is 20.5 Å². The largest absolute Gasteiger partial charge is 0.458 e. The van der Waals surface area contributed by atoms with Crippen LogP contribution in [0.3, 0.4) is 0 Å². The summed E-state index contributed by atoms with van der Waals surface area (Å²) in [5.41, 5.74) is 7.54. The van der Waals surface area contributed by atoms with Gasteiger partial charge in [-0.2, -0.15) is 0 Å². The number of hydrogen-bond donors (Lipinski definition) is 2. The van der Waals surface area contributed by atoms with Gasteiger partial charge >= 0.3 is 0 Å². The minimum absolute atomic E-state index is 0.117. The summed E-state index contributed by atoms with van der Waals surface area (Å²) >= 11 is 0. The molecule has 1 amide bonds. The summed E-state index contributed by atoms with van der Waals surface area (Å²) in [6.07, 6.45) is 14.5. The summed E-state index contributed by atoms with van der Waals surface area (Å²) < 4.78 is 11.2. The molecule has 0 aromatic carbocycles. The summed E-state index contributed by atoms with van der Waals surface area (Å²) in [5, 5.41) is 3.18. The average molecular weight is 387 g/mol. The fraction of sp³-hybridized carbons (Fsp3) is 0.609. The van der Waals surface area contributed by atoms with Crippen LogP contribution in [-0.2, 0) is 14.3 Å². The van der Waals surface area contributed by atoms with Crippen LogP contribution >= 0.6 is 0 Å². The highest BCUT2D eigenvalue weighted by Gasteiger charge is 2.53. The van der Waals surface area contributed by atoms with Crippen molar-refractivity contribution in [1.29, 1.82) is 0 Å². The van der Waals surface area contributed by atoms with Crippen molar-refractivity contribution >= 4 is 5.91 Å². The Kier molecular flexibility index (Phi) is 6.65. The quantitative estimate of drug-likeness (QED) is 0.605. The fourth-order valence-corrected chi connectivity index (χ4v) is 3.88. The maximum absolute atomic E-state index is 13.2. The van der Waals surface area contributed by atoms with Gasteiger partial charge in [0.15, 0.2) is 5.76 Å². The Balaban J connectivity index is 1.67. The Hall–Kier alpha value is -2.01. The summed E-state index contributed by atoms with van der Waals surface area (Å²) in [6, 6.07) is 0.217. The molecule has 0 spiro atoms. The first-order valence-corrected chi connectivity index (χ1v) is 10.6. The molecule has 1 aliphatic heterocycles. The number of carbonyl (C=O) groups excluding carboxylic acids is 1. The average Bonchev–Trinajstić information content (AvgIpc) is 3.39.